The van der Waals surface area contributed by atoms with Crippen LogP contribution in [0.25, 0.3) is 0 Å². The second-order valence-electron chi connectivity index (χ2n) is 2.69. The van der Waals surface area contributed by atoms with Crippen molar-refractivity contribution in [2.75, 3.05) is 0 Å². The summed E-state index contributed by atoms with van der Waals surface area (Å²) in [5.74, 6) is -0.562. The predicted molar refractivity (Wildman–Crippen MR) is 46.4 cm³/mol. The molecule has 1 amide bonds. The Morgan fingerprint density at radius 1 is 1.54 bits per heavy atom. The summed E-state index contributed by atoms with van der Waals surface area (Å²) >= 11 is 0. The number of hydroxylamine groups is 1. The Kier molecular flexibility index (Phi) is 3.00. The van der Waals surface area contributed by atoms with Crippen molar-refractivity contribution in [1.82, 2.24) is 5.48 Å². The van der Waals surface area contributed by atoms with Crippen molar-refractivity contribution in [2.24, 2.45) is 0 Å². The molecule has 0 saturated carbocycles. The Morgan fingerprint density at radius 3 is 2.77 bits per heavy atom. The Morgan fingerprint density at radius 2 is 2.23 bits per heavy atom. The van der Waals surface area contributed by atoms with E-state index in [0.29, 0.717) is 16.7 Å². The van der Waals surface area contributed by atoms with Gasteiger partial charge in [-0.25, -0.2) is 5.48 Å². The van der Waals surface area contributed by atoms with Gasteiger partial charge in [0, 0.05) is 5.56 Å². The van der Waals surface area contributed by atoms with E-state index in [1.165, 1.54) is 0 Å². The lowest BCUT2D eigenvalue weighted by Gasteiger charge is -2.06. The number of hydrogen-bond acceptors (Lipinski definition) is 3. The first-order valence-electron chi connectivity index (χ1n) is 3.84. The minimum absolute atomic E-state index is 0.113. The molecule has 0 fully saturated rings. The third-order valence-electron chi connectivity index (χ3n) is 1.96. The number of carbonyl (C=O) groups is 1. The predicted octanol–water partition coefficient (Wildman–Crippen LogP) is 0.606. The Balaban J connectivity index is 3.15. The summed E-state index contributed by atoms with van der Waals surface area (Å²) in [6, 6.07) is 4.96. The average molecular weight is 181 g/mol. The molecular weight excluding hydrogens is 170 g/mol. The minimum Gasteiger partial charge on any atom is -0.392 e. The fourth-order valence-electron chi connectivity index (χ4n) is 1.16. The SMILES string of the molecule is Cc1c(CO)cccc1C(=O)NO. The lowest BCUT2D eigenvalue weighted by Crippen LogP contribution is -2.20. The molecule has 13 heavy (non-hydrogen) atoms. The van der Waals surface area contributed by atoms with E-state index < -0.39 is 5.91 Å². The van der Waals surface area contributed by atoms with Gasteiger partial charge in [-0.15, -0.1) is 0 Å². The zero-order valence-electron chi connectivity index (χ0n) is 7.24. The fraction of sp³-hybridized carbons (Fsp3) is 0.222. The molecule has 0 spiro atoms. The maximum Gasteiger partial charge on any atom is 0.274 e. The highest BCUT2D eigenvalue weighted by Crippen LogP contribution is 2.13. The van der Waals surface area contributed by atoms with Crippen molar-refractivity contribution in [1.29, 1.82) is 0 Å². The van der Waals surface area contributed by atoms with Crippen LogP contribution < -0.4 is 5.48 Å². The van der Waals surface area contributed by atoms with E-state index in [4.69, 9.17) is 10.3 Å². The summed E-state index contributed by atoms with van der Waals surface area (Å²) < 4.78 is 0. The number of nitrogens with one attached hydrogen (secondary N) is 1. The highest BCUT2D eigenvalue weighted by atomic mass is 16.5. The van der Waals surface area contributed by atoms with Crippen LogP contribution in [0, 0.1) is 6.92 Å². The molecule has 0 aliphatic heterocycles. The van der Waals surface area contributed by atoms with Gasteiger partial charge in [0.1, 0.15) is 0 Å². The number of carbonyl (C=O) groups excluding carboxylic acids is 1. The van der Waals surface area contributed by atoms with Gasteiger partial charge in [0.2, 0.25) is 0 Å². The maximum atomic E-state index is 11.1. The van der Waals surface area contributed by atoms with E-state index in [1.807, 2.05) is 0 Å². The maximum absolute atomic E-state index is 11.1. The van der Waals surface area contributed by atoms with E-state index in [1.54, 1.807) is 30.6 Å². The van der Waals surface area contributed by atoms with Crippen LogP contribution >= 0.6 is 0 Å². The topological polar surface area (TPSA) is 69.6 Å². The summed E-state index contributed by atoms with van der Waals surface area (Å²) in [4.78, 5) is 11.1. The molecule has 0 aromatic heterocycles. The second kappa shape index (κ2) is 4.02. The van der Waals surface area contributed by atoms with Crippen molar-refractivity contribution in [2.45, 2.75) is 13.5 Å². The number of benzene rings is 1. The first-order valence-corrected chi connectivity index (χ1v) is 3.84. The van der Waals surface area contributed by atoms with Gasteiger partial charge in [-0.05, 0) is 24.1 Å². The van der Waals surface area contributed by atoms with Crippen LogP contribution in [0.3, 0.4) is 0 Å². The summed E-state index contributed by atoms with van der Waals surface area (Å²) in [6.45, 7) is 1.61. The molecule has 0 saturated heterocycles. The molecule has 4 heteroatoms. The zero-order valence-corrected chi connectivity index (χ0v) is 7.24. The van der Waals surface area contributed by atoms with Gasteiger partial charge in [0.05, 0.1) is 6.61 Å². The van der Waals surface area contributed by atoms with Gasteiger partial charge in [-0.3, -0.25) is 10.0 Å². The van der Waals surface area contributed by atoms with Crippen LogP contribution in [0.4, 0.5) is 0 Å². The van der Waals surface area contributed by atoms with Gasteiger partial charge in [-0.1, -0.05) is 12.1 Å². The minimum atomic E-state index is -0.562. The molecule has 0 aliphatic rings. The number of aliphatic hydroxyl groups excluding tert-OH is 1. The molecule has 0 aliphatic carbocycles. The van der Waals surface area contributed by atoms with Crippen LogP contribution in [0.15, 0.2) is 18.2 Å². The molecule has 0 bridgehead atoms. The largest absolute Gasteiger partial charge is 0.392 e. The number of rotatable bonds is 2. The smallest absolute Gasteiger partial charge is 0.274 e. The van der Waals surface area contributed by atoms with Gasteiger partial charge in [-0.2, -0.15) is 0 Å². The Labute approximate surface area is 75.8 Å². The van der Waals surface area contributed by atoms with E-state index in [9.17, 15) is 4.79 Å². The third-order valence-corrected chi connectivity index (χ3v) is 1.96. The summed E-state index contributed by atoms with van der Waals surface area (Å²) in [7, 11) is 0. The highest BCUT2D eigenvalue weighted by Gasteiger charge is 2.09. The van der Waals surface area contributed by atoms with Crippen molar-refractivity contribution in [3.05, 3.63) is 34.9 Å². The first-order chi connectivity index (χ1) is 6.20. The molecule has 1 aromatic rings. The fourth-order valence-corrected chi connectivity index (χ4v) is 1.16. The van der Waals surface area contributed by atoms with Crippen molar-refractivity contribution < 1.29 is 15.1 Å². The molecule has 1 rings (SSSR count). The standard InChI is InChI=1S/C9H11NO3/c1-6-7(5-11)3-2-4-8(6)9(12)10-13/h2-4,11,13H,5H2,1H3,(H,10,12). The third kappa shape index (κ3) is 1.85. The van der Waals surface area contributed by atoms with Crippen LogP contribution in [0.1, 0.15) is 21.5 Å². The van der Waals surface area contributed by atoms with Gasteiger partial charge in [0.25, 0.3) is 5.91 Å². The highest BCUT2D eigenvalue weighted by molar-refractivity contribution is 5.95. The quantitative estimate of drug-likeness (QED) is 0.462. The zero-order chi connectivity index (χ0) is 9.84. The molecule has 1 aromatic carbocycles. The van der Waals surface area contributed by atoms with Crippen LogP contribution in [0.5, 0.6) is 0 Å². The molecule has 0 atom stereocenters. The normalized spacial score (nSPS) is 9.77. The second-order valence-corrected chi connectivity index (χ2v) is 2.69. The summed E-state index contributed by atoms with van der Waals surface area (Å²) in [6.07, 6.45) is 0. The molecular formula is C9H11NO3. The van der Waals surface area contributed by atoms with Crippen LogP contribution in [0.2, 0.25) is 0 Å². The van der Waals surface area contributed by atoms with Gasteiger partial charge >= 0.3 is 0 Å². The van der Waals surface area contributed by atoms with E-state index in [0.717, 1.165) is 0 Å². The molecule has 3 N–H and O–H groups in total. The van der Waals surface area contributed by atoms with Crippen molar-refractivity contribution >= 4 is 5.91 Å². The molecule has 4 nitrogen and oxygen atoms in total. The Bertz CT molecular complexity index is 323. The number of hydrogen-bond donors (Lipinski definition) is 3. The van der Waals surface area contributed by atoms with Crippen LogP contribution in [-0.2, 0) is 6.61 Å². The lowest BCUT2D eigenvalue weighted by molar-refractivity contribution is 0.0705. The van der Waals surface area contributed by atoms with Crippen molar-refractivity contribution in [3.8, 4) is 0 Å². The lowest BCUT2D eigenvalue weighted by atomic mass is 10.0. The first kappa shape index (κ1) is 9.70. The summed E-state index contributed by atoms with van der Waals surface area (Å²) in [5.41, 5.74) is 3.28. The molecule has 0 radical (unpaired) electrons. The van der Waals surface area contributed by atoms with E-state index in [-0.39, 0.29) is 6.61 Å². The van der Waals surface area contributed by atoms with Gasteiger partial charge < -0.3 is 5.11 Å². The Hall–Kier alpha value is -1.39. The molecule has 0 unspecified atom stereocenters. The monoisotopic (exact) mass is 181 g/mol. The molecule has 70 valence electrons. The number of aliphatic hydroxyl groups is 1. The van der Waals surface area contributed by atoms with Gasteiger partial charge in [0.15, 0.2) is 0 Å². The molecule has 0 heterocycles. The van der Waals surface area contributed by atoms with E-state index in [2.05, 4.69) is 0 Å². The average Bonchev–Trinajstić information content (AvgIpc) is 2.17. The number of amides is 1. The van der Waals surface area contributed by atoms with E-state index >= 15 is 0 Å². The van der Waals surface area contributed by atoms with Crippen LogP contribution in [-0.4, -0.2) is 16.2 Å². The summed E-state index contributed by atoms with van der Waals surface area (Å²) in [5, 5.41) is 17.3. The van der Waals surface area contributed by atoms with Crippen molar-refractivity contribution in [3.63, 3.8) is 0 Å².